The van der Waals surface area contributed by atoms with Gasteiger partial charge in [0, 0.05) is 19.2 Å². The van der Waals surface area contributed by atoms with Crippen molar-refractivity contribution in [2.75, 3.05) is 13.2 Å². The van der Waals surface area contributed by atoms with Crippen molar-refractivity contribution in [3.63, 3.8) is 0 Å². The van der Waals surface area contributed by atoms with Gasteiger partial charge in [-0.1, -0.05) is 24.3 Å². The van der Waals surface area contributed by atoms with E-state index in [1.807, 2.05) is 0 Å². The molecule has 3 rings (SSSR count). The zero-order chi connectivity index (χ0) is 13.6. The summed E-state index contributed by atoms with van der Waals surface area (Å²) in [6, 6.07) is 9.52. The van der Waals surface area contributed by atoms with Gasteiger partial charge in [-0.2, -0.15) is 0 Å². The van der Waals surface area contributed by atoms with E-state index in [1.54, 1.807) is 0 Å². The van der Waals surface area contributed by atoms with E-state index in [4.69, 9.17) is 9.47 Å². The Morgan fingerprint density at radius 1 is 1.05 bits per heavy atom. The second kappa shape index (κ2) is 7.21. The van der Waals surface area contributed by atoms with Crippen LogP contribution in [0.4, 0.5) is 0 Å². The summed E-state index contributed by atoms with van der Waals surface area (Å²) in [7, 11) is 0. The Morgan fingerprint density at radius 2 is 1.85 bits per heavy atom. The summed E-state index contributed by atoms with van der Waals surface area (Å²) in [5.41, 5.74) is 2.60. The van der Waals surface area contributed by atoms with Crippen LogP contribution in [0.5, 0.6) is 0 Å². The van der Waals surface area contributed by atoms with Crippen LogP contribution in [0, 0.1) is 0 Å². The minimum Gasteiger partial charge on any atom is -0.376 e. The summed E-state index contributed by atoms with van der Waals surface area (Å²) < 4.78 is 11.4. The number of rotatable bonds is 7. The summed E-state index contributed by atoms with van der Waals surface area (Å²) >= 11 is 0. The molecule has 3 heteroatoms. The summed E-state index contributed by atoms with van der Waals surface area (Å²) in [4.78, 5) is 0. The summed E-state index contributed by atoms with van der Waals surface area (Å²) in [6.07, 6.45) is 6.62. The van der Waals surface area contributed by atoms with Crippen LogP contribution in [0.3, 0.4) is 0 Å². The average molecular weight is 275 g/mol. The topological polar surface area (TPSA) is 30.5 Å². The highest BCUT2D eigenvalue weighted by atomic mass is 16.5. The van der Waals surface area contributed by atoms with Crippen molar-refractivity contribution in [2.45, 2.75) is 57.4 Å². The third kappa shape index (κ3) is 4.58. The summed E-state index contributed by atoms with van der Waals surface area (Å²) in [6.45, 7) is 3.31. The van der Waals surface area contributed by atoms with Crippen molar-refractivity contribution >= 4 is 0 Å². The zero-order valence-corrected chi connectivity index (χ0v) is 12.1. The molecule has 1 atom stereocenters. The number of nitrogens with one attached hydrogen (secondary N) is 1. The van der Waals surface area contributed by atoms with E-state index >= 15 is 0 Å². The fraction of sp³-hybridized carbons (Fsp3) is 0.647. The van der Waals surface area contributed by atoms with E-state index in [-0.39, 0.29) is 0 Å². The molecule has 0 amide bonds. The van der Waals surface area contributed by atoms with Crippen molar-refractivity contribution in [3.05, 3.63) is 35.4 Å². The Bertz CT molecular complexity index is 394. The maximum absolute atomic E-state index is 5.77. The molecular weight excluding hydrogens is 250 g/mol. The number of ether oxygens (including phenoxy) is 2. The number of hydrogen-bond donors (Lipinski definition) is 1. The lowest BCUT2D eigenvalue weighted by Crippen LogP contribution is -2.24. The van der Waals surface area contributed by atoms with Gasteiger partial charge in [0.05, 0.1) is 19.3 Å². The van der Waals surface area contributed by atoms with E-state index < -0.39 is 0 Å². The van der Waals surface area contributed by atoms with E-state index in [9.17, 15) is 0 Å². The molecule has 3 nitrogen and oxygen atoms in total. The molecule has 1 aromatic rings. The lowest BCUT2D eigenvalue weighted by molar-refractivity contribution is -0.0447. The molecule has 1 aliphatic carbocycles. The second-order valence-electron chi connectivity index (χ2n) is 5.98. The lowest BCUT2D eigenvalue weighted by atomic mass is 10.1. The molecule has 0 bridgehead atoms. The Balaban J connectivity index is 1.36. The van der Waals surface area contributed by atoms with Crippen LogP contribution in [-0.4, -0.2) is 25.4 Å². The van der Waals surface area contributed by atoms with Gasteiger partial charge in [-0.25, -0.2) is 0 Å². The first-order valence-electron chi connectivity index (χ1n) is 7.91. The average Bonchev–Trinajstić information content (AvgIpc) is 3.32. The molecule has 1 saturated heterocycles. The molecule has 1 saturated carbocycles. The molecule has 1 unspecified atom stereocenters. The van der Waals surface area contributed by atoms with Crippen LogP contribution in [-0.2, 0) is 22.6 Å². The van der Waals surface area contributed by atoms with Crippen molar-refractivity contribution < 1.29 is 9.47 Å². The first-order valence-corrected chi connectivity index (χ1v) is 7.91. The third-order valence-corrected chi connectivity index (χ3v) is 4.04. The molecule has 0 aromatic heterocycles. The standard InChI is InChI=1S/C17H25NO2/c1-2-10-20-17(3-1)13-19-12-15-6-4-14(5-7-15)11-18-16-8-9-16/h4-7,16-18H,1-3,8-13H2. The van der Waals surface area contributed by atoms with E-state index in [0.29, 0.717) is 12.7 Å². The number of benzene rings is 1. The van der Waals surface area contributed by atoms with Gasteiger partial charge < -0.3 is 14.8 Å². The maximum atomic E-state index is 5.77. The number of hydrogen-bond acceptors (Lipinski definition) is 3. The Labute approximate surface area is 121 Å². The molecule has 1 aliphatic heterocycles. The highest BCUT2D eigenvalue weighted by Gasteiger charge is 2.19. The maximum Gasteiger partial charge on any atom is 0.0808 e. The monoisotopic (exact) mass is 275 g/mol. The molecule has 110 valence electrons. The smallest absolute Gasteiger partial charge is 0.0808 e. The van der Waals surface area contributed by atoms with Gasteiger partial charge in [-0.3, -0.25) is 0 Å². The molecule has 0 radical (unpaired) electrons. The van der Waals surface area contributed by atoms with E-state index in [0.717, 1.165) is 32.2 Å². The predicted octanol–water partition coefficient (Wildman–Crippen LogP) is 3.02. The van der Waals surface area contributed by atoms with Crippen LogP contribution < -0.4 is 5.32 Å². The van der Waals surface area contributed by atoms with Crippen LogP contribution in [0.1, 0.15) is 43.2 Å². The van der Waals surface area contributed by atoms with Crippen molar-refractivity contribution in [1.29, 1.82) is 0 Å². The molecule has 20 heavy (non-hydrogen) atoms. The van der Waals surface area contributed by atoms with E-state index in [1.165, 1.54) is 36.8 Å². The summed E-state index contributed by atoms with van der Waals surface area (Å²) in [5, 5.41) is 3.53. The SMILES string of the molecule is c1cc(COCC2CCCCO2)ccc1CNC1CC1. The van der Waals surface area contributed by atoms with Gasteiger partial charge >= 0.3 is 0 Å². The van der Waals surface area contributed by atoms with Gasteiger partial charge in [0.15, 0.2) is 0 Å². The largest absolute Gasteiger partial charge is 0.376 e. The molecule has 1 N–H and O–H groups in total. The minimum absolute atomic E-state index is 0.311. The van der Waals surface area contributed by atoms with Crippen LogP contribution >= 0.6 is 0 Å². The fourth-order valence-corrected chi connectivity index (χ4v) is 2.55. The third-order valence-electron chi connectivity index (χ3n) is 4.04. The molecule has 0 spiro atoms. The van der Waals surface area contributed by atoms with E-state index in [2.05, 4.69) is 29.6 Å². The first-order chi connectivity index (χ1) is 9.90. The lowest BCUT2D eigenvalue weighted by Gasteiger charge is -2.22. The van der Waals surface area contributed by atoms with Crippen LogP contribution in [0.2, 0.25) is 0 Å². The van der Waals surface area contributed by atoms with Crippen LogP contribution in [0.25, 0.3) is 0 Å². The van der Waals surface area contributed by atoms with Gasteiger partial charge in [-0.15, -0.1) is 0 Å². The minimum atomic E-state index is 0.311. The van der Waals surface area contributed by atoms with Crippen LogP contribution in [0.15, 0.2) is 24.3 Å². The fourth-order valence-electron chi connectivity index (χ4n) is 2.55. The van der Waals surface area contributed by atoms with Gasteiger partial charge in [0.1, 0.15) is 0 Å². The zero-order valence-electron chi connectivity index (χ0n) is 12.1. The van der Waals surface area contributed by atoms with Crippen molar-refractivity contribution in [2.24, 2.45) is 0 Å². The molecule has 2 fully saturated rings. The molecule has 2 aliphatic rings. The Morgan fingerprint density at radius 3 is 2.55 bits per heavy atom. The normalized spacial score (nSPS) is 22.9. The van der Waals surface area contributed by atoms with Gasteiger partial charge in [-0.05, 0) is 43.2 Å². The first kappa shape index (κ1) is 14.1. The Kier molecular flexibility index (Phi) is 5.06. The van der Waals surface area contributed by atoms with Gasteiger partial charge in [0.25, 0.3) is 0 Å². The van der Waals surface area contributed by atoms with Crippen molar-refractivity contribution in [1.82, 2.24) is 5.32 Å². The summed E-state index contributed by atoms with van der Waals surface area (Å²) in [5.74, 6) is 0. The molecule has 1 aromatic carbocycles. The highest BCUT2D eigenvalue weighted by molar-refractivity contribution is 5.22. The Hall–Kier alpha value is -0.900. The highest BCUT2D eigenvalue weighted by Crippen LogP contribution is 2.19. The molecular formula is C17H25NO2. The quantitative estimate of drug-likeness (QED) is 0.829. The second-order valence-corrected chi connectivity index (χ2v) is 5.98. The van der Waals surface area contributed by atoms with Crippen molar-refractivity contribution in [3.8, 4) is 0 Å². The molecule has 1 heterocycles. The predicted molar refractivity (Wildman–Crippen MR) is 79.6 cm³/mol. The van der Waals surface area contributed by atoms with Gasteiger partial charge in [0.2, 0.25) is 0 Å².